The van der Waals surface area contributed by atoms with E-state index in [1.165, 1.54) is 14.2 Å². The van der Waals surface area contributed by atoms with Gasteiger partial charge in [-0.3, -0.25) is 10.1 Å². The van der Waals surface area contributed by atoms with E-state index in [1.807, 2.05) is 6.92 Å². The molecule has 1 rings (SSSR count). The van der Waals surface area contributed by atoms with Crippen molar-refractivity contribution in [1.82, 2.24) is 0 Å². The van der Waals surface area contributed by atoms with Crippen LogP contribution in [0.4, 0.5) is 5.69 Å². The smallest absolute Gasteiger partial charge is 0.318 e. The van der Waals surface area contributed by atoms with Gasteiger partial charge < -0.3 is 9.47 Å². The normalized spacial score (nSPS) is 9.80. The number of nitro groups is 1. The van der Waals surface area contributed by atoms with E-state index in [2.05, 4.69) is 0 Å². The minimum Gasteiger partial charge on any atom is -0.493 e. The van der Waals surface area contributed by atoms with Crippen molar-refractivity contribution in [2.45, 2.75) is 13.3 Å². The summed E-state index contributed by atoms with van der Waals surface area (Å²) in [5.41, 5.74) is 0.622. The van der Waals surface area contributed by atoms with Crippen LogP contribution in [0.25, 0.3) is 0 Å². The minimum atomic E-state index is -0.444. The first-order valence-electron chi connectivity index (χ1n) is 4.53. The third kappa shape index (κ3) is 2.01. The fourth-order valence-corrected chi connectivity index (χ4v) is 1.44. The zero-order valence-electron chi connectivity index (χ0n) is 8.94. The van der Waals surface area contributed by atoms with Gasteiger partial charge in [0, 0.05) is 5.56 Å². The number of ether oxygens (including phenoxy) is 2. The molecule has 15 heavy (non-hydrogen) atoms. The Morgan fingerprint density at radius 2 is 2.00 bits per heavy atom. The van der Waals surface area contributed by atoms with Gasteiger partial charge in [0.1, 0.15) is 0 Å². The number of rotatable bonds is 4. The van der Waals surface area contributed by atoms with Gasteiger partial charge >= 0.3 is 5.69 Å². The largest absolute Gasteiger partial charge is 0.493 e. The molecule has 82 valence electrons. The fourth-order valence-electron chi connectivity index (χ4n) is 1.44. The Kier molecular flexibility index (Phi) is 3.49. The Balaban J connectivity index is 3.44. The highest BCUT2D eigenvalue weighted by Crippen LogP contribution is 2.39. The van der Waals surface area contributed by atoms with Crippen LogP contribution in [-0.4, -0.2) is 19.1 Å². The van der Waals surface area contributed by atoms with Crippen molar-refractivity contribution in [3.05, 3.63) is 27.8 Å². The molecule has 0 heterocycles. The first kappa shape index (κ1) is 11.3. The highest BCUT2D eigenvalue weighted by atomic mass is 16.6. The van der Waals surface area contributed by atoms with Gasteiger partial charge in [-0.1, -0.05) is 6.92 Å². The van der Waals surface area contributed by atoms with E-state index in [0.717, 1.165) is 0 Å². The molecular formula is C10H13NO4. The van der Waals surface area contributed by atoms with Crippen LogP contribution in [0.2, 0.25) is 0 Å². The maximum atomic E-state index is 10.9. The molecule has 0 spiro atoms. The van der Waals surface area contributed by atoms with Gasteiger partial charge in [0.25, 0.3) is 0 Å². The molecule has 0 aliphatic carbocycles. The third-order valence-electron chi connectivity index (χ3n) is 2.17. The van der Waals surface area contributed by atoms with Crippen LogP contribution in [0.3, 0.4) is 0 Å². The van der Waals surface area contributed by atoms with Gasteiger partial charge in [-0.25, -0.2) is 0 Å². The molecule has 1 aromatic carbocycles. The molecule has 0 aromatic heterocycles. The predicted octanol–water partition coefficient (Wildman–Crippen LogP) is 2.17. The molecule has 0 bridgehead atoms. The maximum absolute atomic E-state index is 10.9. The van der Waals surface area contributed by atoms with Crippen molar-refractivity contribution in [3.63, 3.8) is 0 Å². The van der Waals surface area contributed by atoms with Gasteiger partial charge in [-0.05, 0) is 18.6 Å². The van der Waals surface area contributed by atoms with E-state index in [9.17, 15) is 10.1 Å². The Morgan fingerprint density at radius 1 is 1.33 bits per heavy atom. The summed E-state index contributed by atoms with van der Waals surface area (Å²) in [5.74, 6) is 0.559. The molecule has 5 heteroatoms. The van der Waals surface area contributed by atoms with Crippen LogP contribution in [0.15, 0.2) is 12.1 Å². The van der Waals surface area contributed by atoms with Gasteiger partial charge in [-0.15, -0.1) is 0 Å². The molecule has 0 aliphatic heterocycles. The van der Waals surface area contributed by atoms with E-state index in [-0.39, 0.29) is 11.4 Å². The average Bonchev–Trinajstić information content (AvgIpc) is 2.26. The van der Waals surface area contributed by atoms with E-state index < -0.39 is 4.92 Å². The van der Waals surface area contributed by atoms with E-state index in [0.29, 0.717) is 17.7 Å². The van der Waals surface area contributed by atoms with Crippen LogP contribution in [-0.2, 0) is 6.42 Å². The Labute approximate surface area is 87.8 Å². The summed E-state index contributed by atoms with van der Waals surface area (Å²) < 4.78 is 10.0. The molecule has 0 aliphatic rings. The van der Waals surface area contributed by atoms with Gasteiger partial charge in [0.05, 0.1) is 19.1 Å². The molecule has 0 fully saturated rings. The van der Waals surface area contributed by atoms with Crippen LogP contribution in [0, 0.1) is 10.1 Å². The zero-order chi connectivity index (χ0) is 11.4. The summed E-state index contributed by atoms with van der Waals surface area (Å²) in [7, 11) is 2.84. The Hall–Kier alpha value is -1.78. The Morgan fingerprint density at radius 3 is 2.40 bits per heavy atom. The fraction of sp³-hybridized carbons (Fsp3) is 0.400. The number of nitrogens with zero attached hydrogens (tertiary/aromatic N) is 1. The SMILES string of the molecule is CCc1ccc(OC)c(OC)c1[N+](=O)[O-]. The molecule has 0 radical (unpaired) electrons. The second-order valence-corrected chi connectivity index (χ2v) is 2.92. The number of hydrogen-bond donors (Lipinski definition) is 0. The highest BCUT2D eigenvalue weighted by molar-refractivity contribution is 5.60. The summed E-state index contributed by atoms with van der Waals surface area (Å²) in [6.45, 7) is 1.86. The lowest BCUT2D eigenvalue weighted by Gasteiger charge is -2.09. The summed E-state index contributed by atoms with van der Waals surface area (Å²) in [6.07, 6.45) is 0.580. The molecule has 0 N–H and O–H groups in total. The van der Waals surface area contributed by atoms with E-state index >= 15 is 0 Å². The van der Waals surface area contributed by atoms with Crippen molar-refractivity contribution in [1.29, 1.82) is 0 Å². The zero-order valence-corrected chi connectivity index (χ0v) is 8.94. The lowest BCUT2D eigenvalue weighted by molar-refractivity contribution is -0.386. The predicted molar refractivity (Wildman–Crippen MR) is 55.6 cm³/mol. The summed E-state index contributed by atoms with van der Waals surface area (Å²) >= 11 is 0. The molecule has 0 saturated heterocycles. The van der Waals surface area contributed by atoms with Gasteiger partial charge in [0.15, 0.2) is 5.75 Å². The molecule has 1 aromatic rings. The average molecular weight is 211 g/mol. The van der Waals surface area contributed by atoms with E-state index in [1.54, 1.807) is 12.1 Å². The minimum absolute atomic E-state index is 0.0145. The topological polar surface area (TPSA) is 61.6 Å². The quantitative estimate of drug-likeness (QED) is 0.565. The van der Waals surface area contributed by atoms with Crippen LogP contribution >= 0.6 is 0 Å². The first-order chi connectivity index (χ1) is 7.15. The standard InChI is InChI=1S/C10H13NO4/c1-4-7-5-6-8(14-2)10(15-3)9(7)11(12)13/h5-6H,4H2,1-3H3. The van der Waals surface area contributed by atoms with Crippen molar-refractivity contribution in [3.8, 4) is 11.5 Å². The monoisotopic (exact) mass is 211 g/mol. The molecule has 0 atom stereocenters. The van der Waals surface area contributed by atoms with Crippen LogP contribution in [0.5, 0.6) is 11.5 Å². The molecule has 5 nitrogen and oxygen atoms in total. The molecule has 0 amide bonds. The van der Waals surface area contributed by atoms with Crippen molar-refractivity contribution >= 4 is 5.69 Å². The molecule has 0 saturated carbocycles. The number of benzene rings is 1. The van der Waals surface area contributed by atoms with E-state index in [4.69, 9.17) is 9.47 Å². The number of hydrogen-bond acceptors (Lipinski definition) is 4. The first-order valence-corrected chi connectivity index (χ1v) is 4.53. The second kappa shape index (κ2) is 4.63. The molecule has 0 unspecified atom stereocenters. The highest BCUT2D eigenvalue weighted by Gasteiger charge is 2.23. The van der Waals surface area contributed by atoms with Crippen LogP contribution in [0.1, 0.15) is 12.5 Å². The summed E-state index contributed by atoms with van der Waals surface area (Å²) in [6, 6.07) is 3.35. The summed E-state index contributed by atoms with van der Waals surface area (Å²) in [5, 5.41) is 10.9. The number of methoxy groups -OCH3 is 2. The second-order valence-electron chi connectivity index (χ2n) is 2.92. The van der Waals surface area contributed by atoms with Gasteiger partial charge in [-0.2, -0.15) is 0 Å². The van der Waals surface area contributed by atoms with Crippen LogP contribution < -0.4 is 9.47 Å². The molecular weight excluding hydrogens is 198 g/mol. The maximum Gasteiger partial charge on any atom is 0.318 e. The number of aryl methyl sites for hydroxylation is 1. The number of nitro benzene ring substituents is 1. The lowest BCUT2D eigenvalue weighted by atomic mass is 10.1. The Bertz CT molecular complexity index is 376. The van der Waals surface area contributed by atoms with Crippen molar-refractivity contribution in [2.24, 2.45) is 0 Å². The van der Waals surface area contributed by atoms with Crippen molar-refractivity contribution < 1.29 is 14.4 Å². The van der Waals surface area contributed by atoms with Crippen molar-refractivity contribution in [2.75, 3.05) is 14.2 Å². The lowest BCUT2D eigenvalue weighted by Crippen LogP contribution is -2.00. The van der Waals surface area contributed by atoms with Gasteiger partial charge in [0.2, 0.25) is 5.75 Å². The summed E-state index contributed by atoms with van der Waals surface area (Å²) in [4.78, 5) is 10.5. The third-order valence-corrected chi connectivity index (χ3v) is 2.17.